The van der Waals surface area contributed by atoms with Crippen molar-refractivity contribution in [3.8, 4) is 0 Å². The number of hydrogen-bond acceptors (Lipinski definition) is 16. The number of hydrogen-bond donors (Lipinski definition) is 8. The molecule has 41 heavy (non-hydrogen) atoms. The molecule has 0 fully saturated rings. The molecule has 0 aromatic rings. The van der Waals surface area contributed by atoms with Gasteiger partial charge in [-0.15, -0.1) is 0 Å². The Kier molecular flexibility index (Phi) is 18.6. The van der Waals surface area contributed by atoms with E-state index >= 15 is 0 Å². The number of rotatable bonds is 8. The van der Waals surface area contributed by atoms with Gasteiger partial charge in [0.1, 0.15) is 22.4 Å². The topological polar surface area (TPSA) is 322 Å². The molecule has 0 heterocycles. The van der Waals surface area contributed by atoms with Crippen molar-refractivity contribution in [2.45, 2.75) is 128 Å². The third-order valence-corrected chi connectivity index (χ3v) is 6.36. The van der Waals surface area contributed by atoms with Crippen LogP contribution in [0.5, 0.6) is 0 Å². The molecule has 4 unspecified atom stereocenters. The first-order valence-electron chi connectivity index (χ1n) is 11.4. The number of carboxylic acids is 4. The fourth-order valence-corrected chi connectivity index (χ4v) is 0.999. The molecule has 0 saturated heterocycles. The van der Waals surface area contributed by atoms with Crippen LogP contribution in [-0.2, 0) is 39.3 Å². The van der Waals surface area contributed by atoms with Crippen LogP contribution in [0.15, 0.2) is 0 Å². The molecule has 0 bridgehead atoms. The molecule has 249 valence electrons. The van der Waals surface area contributed by atoms with E-state index < -0.39 is 68.7 Å². The minimum atomic E-state index is -2.20. The average molecular weight is 781 g/mol. The first-order chi connectivity index (χ1) is 16.8. The van der Waals surface area contributed by atoms with Crippen molar-refractivity contribution in [2.24, 2.45) is 0 Å². The van der Waals surface area contributed by atoms with E-state index in [0.29, 0.717) is 0 Å². The Morgan fingerprint density at radius 2 is 0.415 bits per heavy atom. The van der Waals surface area contributed by atoms with E-state index in [1.807, 2.05) is 0 Å². The second-order valence-electron chi connectivity index (χ2n) is 11.7. The third kappa shape index (κ3) is 14.8. The van der Waals surface area contributed by atoms with E-state index in [4.69, 9.17) is 40.9 Å². The average Bonchev–Trinajstić information content (AvgIpc) is 2.65. The smallest absolute Gasteiger partial charge is 0.129 e. The SMILES string of the molecule is CC(C)(O)C(C)(O)C(=O)[O-].CC(C)(O)C(C)(O)C(=O)[O-].CC(C)(O)C(C)(O)C(=O)[O-].CC(C)(O)C(C)(O)C(=O)[O-].[Ir]. The summed E-state index contributed by atoms with van der Waals surface area (Å²) in [6.07, 6.45) is 0. The summed E-state index contributed by atoms with van der Waals surface area (Å²) in [5, 5.41) is 113. The van der Waals surface area contributed by atoms with Crippen LogP contribution in [-0.4, -0.2) is 110 Å². The summed E-state index contributed by atoms with van der Waals surface area (Å²) in [6, 6.07) is 0. The molecule has 0 aromatic carbocycles. The normalized spacial score (nSPS) is 17.7. The zero-order valence-electron chi connectivity index (χ0n) is 25.2. The molecule has 8 N–H and O–H groups in total. The number of aliphatic hydroxyl groups is 8. The van der Waals surface area contributed by atoms with Crippen LogP contribution in [0.2, 0.25) is 0 Å². The summed E-state index contributed by atoms with van der Waals surface area (Å²) < 4.78 is 0. The summed E-state index contributed by atoms with van der Waals surface area (Å²) in [5.41, 5.74) is -15.6. The van der Waals surface area contributed by atoms with Gasteiger partial charge >= 0.3 is 0 Å². The van der Waals surface area contributed by atoms with Crippen LogP contribution in [0.1, 0.15) is 83.1 Å². The number of carboxylic acid groups (broad SMARTS) is 4. The number of carbonyl (C=O) groups excluding carboxylic acids is 4. The van der Waals surface area contributed by atoms with Gasteiger partial charge in [-0.1, -0.05) is 0 Å². The molecule has 0 aliphatic carbocycles. The fraction of sp³-hybridized carbons (Fsp3) is 0.833. The van der Waals surface area contributed by atoms with Gasteiger partial charge in [0.15, 0.2) is 0 Å². The van der Waals surface area contributed by atoms with Crippen molar-refractivity contribution in [1.82, 2.24) is 0 Å². The predicted octanol–water partition coefficient (Wildman–Crippen LogP) is -6.97. The van der Waals surface area contributed by atoms with E-state index in [1.165, 1.54) is 55.4 Å². The van der Waals surface area contributed by atoms with E-state index in [1.54, 1.807) is 0 Å². The molecule has 0 saturated carbocycles. The van der Waals surface area contributed by atoms with Crippen LogP contribution >= 0.6 is 0 Å². The van der Waals surface area contributed by atoms with Crippen LogP contribution in [0, 0.1) is 0 Å². The molecule has 0 spiro atoms. The second kappa shape index (κ2) is 15.6. The number of carbonyl (C=O) groups is 4. The Morgan fingerprint density at radius 3 is 0.415 bits per heavy atom. The first-order valence-corrected chi connectivity index (χ1v) is 11.4. The summed E-state index contributed by atoms with van der Waals surface area (Å²) in [4.78, 5) is 40.6. The Morgan fingerprint density at radius 1 is 0.341 bits per heavy atom. The second-order valence-corrected chi connectivity index (χ2v) is 11.7. The van der Waals surface area contributed by atoms with E-state index in [-0.39, 0.29) is 20.1 Å². The minimum absolute atomic E-state index is 0. The maximum absolute atomic E-state index is 10.1. The molecule has 16 nitrogen and oxygen atoms in total. The maximum Gasteiger partial charge on any atom is 0.129 e. The standard InChI is InChI=1S/4C6H12O4.Ir/c4*1-5(2,9)6(3,10)4(7)8;/h4*9-10H,1-3H3,(H,7,8);/p-4. The van der Waals surface area contributed by atoms with Crippen molar-refractivity contribution in [3.63, 3.8) is 0 Å². The predicted molar refractivity (Wildman–Crippen MR) is 128 cm³/mol. The Balaban J connectivity index is -0.000000139. The third-order valence-electron chi connectivity index (χ3n) is 6.36. The first kappa shape index (κ1) is 48.9. The van der Waals surface area contributed by atoms with Crippen molar-refractivity contribution in [2.75, 3.05) is 0 Å². The van der Waals surface area contributed by atoms with Gasteiger partial charge in [-0.05, 0) is 83.1 Å². The van der Waals surface area contributed by atoms with Gasteiger partial charge in [0, 0.05) is 20.1 Å². The fourth-order valence-electron chi connectivity index (χ4n) is 0.999. The zero-order chi connectivity index (χ0) is 34.3. The van der Waals surface area contributed by atoms with Crippen LogP contribution < -0.4 is 20.4 Å². The maximum atomic E-state index is 10.1. The van der Waals surface area contributed by atoms with Gasteiger partial charge in [0.05, 0.1) is 46.3 Å². The number of aliphatic carboxylic acids is 4. The van der Waals surface area contributed by atoms with E-state index in [9.17, 15) is 39.6 Å². The van der Waals surface area contributed by atoms with Gasteiger partial charge in [-0.2, -0.15) is 0 Å². The zero-order valence-corrected chi connectivity index (χ0v) is 27.6. The molecule has 17 heteroatoms. The molecule has 0 aromatic heterocycles. The van der Waals surface area contributed by atoms with E-state index in [0.717, 1.165) is 27.7 Å². The van der Waals surface area contributed by atoms with Crippen LogP contribution in [0.4, 0.5) is 0 Å². The van der Waals surface area contributed by atoms with Gasteiger partial charge in [0.25, 0.3) is 0 Å². The Hall–Kier alpha value is -1.79. The van der Waals surface area contributed by atoms with E-state index in [2.05, 4.69) is 0 Å². The molecule has 4 atom stereocenters. The largest absolute Gasteiger partial charge is 0.547 e. The molecule has 0 aliphatic rings. The quantitative estimate of drug-likeness (QED) is 0.113. The van der Waals surface area contributed by atoms with Crippen molar-refractivity contribution in [3.05, 3.63) is 0 Å². The molecule has 0 amide bonds. The summed E-state index contributed by atoms with van der Waals surface area (Å²) in [7, 11) is 0. The molecular weight excluding hydrogens is 736 g/mol. The molecule has 0 rings (SSSR count). The van der Waals surface area contributed by atoms with Crippen molar-refractivity contribution < 1.29 is 101 Å². The minimum Gasteiger partial charge on any atom is -0.547 e. The molecular formula is C24H44IrO16-4. The van der Waals surface area contributed by atoms with Crippen molar-refractivity contribution in [1.29, 1.82) is 0 Å². The van der Waals surface area contributed by atoms with Gasteiger partial charge in [-0.25, -0.2) is 0 Å². The van der Waals surface area contributed by atoms with Crippen LogP contribution in [0.3, 0.4) is 0 Å². The Bertz CT molecular complexity index is 720. The molecule has 0 aliphatic heterocycles. The summed E-state index contributed by atoms with van der Waals surface area (Å²) in [5.74, 6) is -6.72. The van der Waals surface area contributed by atoms with Crippen LogP contribution in [0.25, 0.3) is 0 Å². The van der Waals surface area contributed by atoms with Gasteiger partial charge in [0.2, 0.25) is 0 Å². The molecule has 1 radical (unpaired) electrons. The van der Waals surface area contributed by atoms with Gasteiger partial charge in [-0.3, -0.25) is 0 Å². The Labute approximate surface area is 252 Å². The monoisotopic (exact) mass is 781 g/mol. The van der Waals surface area contributed by atoms with Gasteiger partial charge < -0.3 is 80.5 Å². The van der Waals surface area contributed by atoms with Crippen molar-refractivity contribution >= 4 is 23.9 Å². The summed E-state index contributed by atoms with van der Waals surface area (Å²) in [6.45, 7) is 13.5. The summed E-state index contributed by atoms with van der Waals surface area (Å²) >= 11 is 0.